The van der Waals surface area contributed by atoms with E-state index in [1.807, 2.05) is 0 Å². The Hall–Kier alpha value is -1.56. The number of hydrogen-bond acceptors (Lipinski definition) is 5. The van der Waals surface area contributed by atoms with Gasteiger partial charge < -0.3 is 15.3 Å². The fourth-order valence-electron chi connectivity index (χ4n) is 1.59. The zero-order chi connectivity index (χ0) is 11.5. The van der Waals surface area contributed by atoms with Gasteiger partial charge in [-0.05, 0) is 12.1 Å². The van der Waals surface area contributed by atoms with E-state index in [1.54, 1.807) is 24.5 Å². The molecular formula is C11H12N2O3. The van der Waals surface area contributed by atoms with Gasteiger partial charge in [0.25, 0.3) is 0 Å². The van der Waals surface area contributed by atoms with Crippen molar-refractivity contribution in [3.63, 3.8) is 0 Å². The first kappa shape index (κ1) is 10.9. The van der Waals surface area contributed by atoms with Gasteiger partial charge >= 0.3 is 0 Å². The molecule has 0 bridgehead atoms. The largest absolute Gasteiger partial charge is 0.393 e. The van der Waals surface area contributed by atoms with Gasteiger partial charge in [0, 0.05) is 23.3 Å². The third-order valence-electron chi connectivity index (χ3n) is 2.41. The maximum absolute atomic E-state index is 9.58. The summed E-state index contributed by atoms with van der Waals surface area (Å²) in [5, 5.41) is 28.4. The van der Waals surface area contributed by atoms with Gasteiger partial charge in [0.05, 0.1) is 24.4 Å². The van der Waals surface area contributed by atoms with E-state index in [9.17, 15) is 5.11 Å². The van der Waals surface area contributed by atoms with Crippen molar-refractivity contribution in [1.29, 1.82) is 0 Å². The minimum absolute atomic E-state index is 0.273. The molecule has 16 heavy (non-hydrogen) atoms. The average Bonchev–Trinajstić information content (AvgIpc) is 2.36. The van der Waals surface area contributed by atoms with Crippen LogP contribution in [0.3, 0.4) is 0 Å². The second-order valence-corrected chi connectivity index (χ2v) is 3.45. The molecule has 84 valence electrons. The highest BCUT2D eigenvalue weighted by atomic mass is 16.3. The van der Waals surface area contributed by atoms with Crippen LogP contribution in [-0.2, 0) is 6.61 Å². The van der Waals surface area contributed by atoms with Crippen LogP contribution in [0.25, 0.3) is 10.9 Å². The lowest BCUT2D eigenvalue weighted by Crippen LogP contribution is -2.08. The van der Waals surface area contributed by atoms with Gasteiger partial charge in [-0.25, -0.2) is 4.98 Å². The van der Waals surface area contributed by atoms with Crippen LogP contribution < -0.4 is 0 Å². The number of fused-ring (bicyclic) bond motifs is 1. The van der Waals surface area contributed by atoms with Crippen LogP contribution in [0.2, 0.25) is 0 Å². The van der Waals surface area contributed by atoms with Gasteiger partial charge in [-0.15, -0.1) is 0 Å². The normalized spacial score (nSPS) is 12.9. The Balaban J connectivity index is 2.62. The topological polar surface area (TPSA) is 86.5 Å². The van der Waals surface area contributed by atoms with Crippen molar-refractivity contribution in [3.05, 3.63) is 35.8 Å². The summed E-state index contributed by atoms with van der Waals surface area (Å²) in [6.07, 6.45) is 2.20. The molecule has 1 atom stereocenters. The molecule has 2 aromatic rings. The van der Waals surface area contributed by atoms with Crippen LogP contribution in [0.15, 0.2) is 24.5 Å². The van der Waals surface area contributed by atoms with Crippen LogP contribution in [0.4, 0.5) is 0 Å². The van der Waals surface area contributed by atoms with Crippen LogP contribution in [0, 0.1) is 0 Å². The first-order valence-electron chi connectivity index (χ1n) is 4.89. The van der Waals surface area contributed by atoms with Crippen LogP contribution in [-0.4, -0.2) is 31.9 Å². The Labute approximate surface area is 92.0 Å². The van der Waals surface area contributed by atoms with Crippen molar-refractivity contribution in [3.8, 4) is 0 Å². The van der Waals surface area contributed by atoms with Crippen molar-refractivity contribution in [1.82, 2.24) is 9.97 Å². The number of hydrogen-bond donors (Lipinski definition) is 3. The Bertz CT molecular complexity index is 502. The molecule has 2 heterocycles. The highest BCUT2D eigenvalue weighted by Crippen LogP contribution is 2.21. The summed E-state index contributed by atoms with van der Waals surface area (Å²) in [4.78, 5) is 8.15. The second-order valence-electron chi connectivity index (χ2n) is 3.45. The predicted octanol–water partition coefficient (Wildman–Crippen LogP) is 0.148. The van der Waals surface area contributed by atoms with E-state index in [0.29, 0.717) is 16.8 Å². The van der Waals surface area contributed by atoms with Gasteiger partial charge in [-0.1, -0.05) is 0 Å². The minimum atomic E-state index is -1.03. The summed E-state index contributed by atoms with van der Waals surface area (Å²) in [6, 6.07) is 3.41. The molecule has 0 aliphatic rings. The zero-order valence-electron chi connectivity index (χ0n) is 8.54. The minimum Gasteiger partial charge on any atom is -0.393 e. The maximum atomic E-state index is 9.58. The molecule has 0 aliphatic heterocycles. The smallest absolute Gasteiger partial charge is 0.104 e. The van der Waals surface area contributed by atoms with E-state index < -0.39 is 12.7 Å². The summed E-state index contributed by atoms with van der Waals surface area (Å²) in [5.74, 6) is 0. The lowest BCUT2D eigenvalue weighted by atomic mass is 10.1. The fourth-order valence-corrected chi connectivity index (χ4v) is 1.59. The van der Waals surface area contributed by atoms with Gasteiger partial charge in [-0.2, -0.15) is 0 Å². The molecule has 1 unspecified atom stereocenters. The Morgan fingerprint density at radius 2 is 2.12 bits per heavy atom. The standard InChI is InChI=1S/C11H12N2O3/c14-5-10-8(11(16)6-15)3-7-4-12-2-1-9(7)13-10/h1-4,11,14-16H,5-6H2. The molecule has 0 fully saturated rings. The van der Waals surface area contributed by atoms with Gasteiger partial charge in [-0.3, -0.25) is 4.98 Å². The number of aromatic nitrogens is 2. The number of nitrogens with zero attached hydrogens (tertiary/aromatic N) is 2. The first-order valence-corrected chi connectivity index (χ1v) is 4.89. The lowest BCUT2D eigenvalue weighted by Gasteiger charge is -2.12. The molecule has 0 radical (unpaired) electrons. The van der Waals surface area contributed by atoms with Crippen molar-refractivity contribution >= 4 is 10.9 Å². The SMILES string of the molecule is OCc1nc2ccncc2cc1C(O)CO. The monoisotopic (exact) mass is 220 g/mol. The predicted molar refractivity (Wildman–Crippen MR) is 57.5 cm³/mol. The Morgan fingerprint density at radius 1 is 1.31 bits per heavy atom. The number of aliphatic hydroxyl groups excluding tert-OH is 3. The average molecular weight is 220 g/mol. The van der Waals surface area contributed by atoms with Crippen molar-refractivity contribution in [2.75, 3.05) is 6.61 Å². The maximum Gasteiger partial charge on any atom is 0.104 e. The molecule has 0 spiro atoms. The lowest BCUT2D eigenvalue weighted by molar-refractivity contribution is 0.0933. The van der Waals surface area contributed by atoms with Crippen LogP contribution >= 0.6 is 0 Å². The molecule has 3 N–H and O–H groups in total. The Kier molecular flexibility index (Phi) is 3.09. The van der Waals surface area contributed by atoms with E-state index in [0.717, 1.165) is 5.39 Å². The number of pyridine rings is 2. The molecular weight excluding hydrogens is 208 g/mol. The molecule has 0 aliphatic carbocycles. The van der Waals surface area contributed by atoms with Gasteiger partial charge in [0.1, 0.15) is 6.10 Å². The molecule has 2 rings (SSSR count). The van der Waals surface area contributed by atoms with E-state index in [4.69, 9.17) is 10.2 Å². The summed E-state index contributed by atoms with van der Waals surface area (Å²) in [6.45, 7) is -0.675. The van der Waals surface area contributed by atoms with E-state index in [2.05, 4.69) is 9.97 Å². The highest BCUT2D eigenvalue weighted by Gasteiger charge is 2.13. The summed E-state index contributed by atoms with van der Waals surface area (Å²) in [7, 11) is 0. The first-order chi connectivity index (χ1) is 7.76. The van der Waals surface area contributed by atoms with E-state index in [-0.39, 0.29) is 6.61 Å². The van der Waals surface area contributed by atoms with Crippen molar-refractivity contribution in [2.24, 2.45) is 0 Å². The summed E-state index contributed by atoms with van der Waals surface area (Å²) < 4.78 is 0. The molecule has 0 saturated carbocycles. The molecule has 0 saturated heterocycles. The molecule has 2 aromatic heterocycles. The van der Waals surface area contributed by atoms with Crippen molar-refractivity contribution in [2.45, 2.75) is 12.7 Å². The molecule has 5 nitrogen and oxygen atoms in total. The second kappa shape index (κ2) is 4.52. The van der Waals surface area contributed by atoms with E-state index >= 15 is 0 Å². The van der Waals surface area contributed by atoms with Gasteiger partial charge in [0.15, 0.2) is 0 Å². The zero-order valence-corrected chi connectivity index (χ0v) is 8.54. The quantitative estimate of drug-likeness (QED) is 0.685. The number of aliphatic hydroxyl groups is 3. The molecule has 0 aromatic carbocycles. The Morgan fingerprint density at radius 3 is 2.81 bits per heavy atom. The fraction of sp³-hybridized carbons (Fsp3) is 0.273. The summed E-state index contributed by atoms with van der Waals surface area (Å²) >= 11 is 0. The highest BCUT2D eigenvalue weighted by molar-refractivity contribution is 5.78. The third-order valence-corrected chi connectivity index (χ3v) is 2.41. The third kappa shape index (κ3) is 1.88. The molecule has 0 amide bonds. The van der Waals surface area contributed by atoms with E-state index in [1.165, 1.54) is 0 Å². The van der Waals surface area contributed by atoms with Crippen LogP contribution in [0.5, 0.6) is 0 Å². The van der Waals surface area contributed by atoms with Gasteiger partial charge in [0.2, 0.25) is 0 Å². The molecule has 5 heteroatoms. The summed E-state index contributed by atoms with van der Waals surface area (Å²) in [5.41, 5.74) is 1.51. The van der Waals surface area contributed by atoms with Crippen LogP contribution in [0.1, 0.15) is 17.4 Å². The number of rotatable bonds is 3. The van der Waals surface area contributed by atoms with Crippen molar-refractivity contribution < 1.29 is 15.3 Å².